The van der Waals surface area contributed by atoms with Gasteiger partial charge in [0.15, 0.2) is 5.96 Å². The molecule has 13 N–H and O–H groups in total. The predicted octanol–water partition coefficient (Wildman–Crippen LogP) is -4.82. The van der Waals surface area contributed by atoms with Gasteiger partial charge in [0.1, 0.15) is 24.2 Å². The van der Waals surface area contributed by atoms with Crippen molar-refractivity contribution >= 4 is 35.6 Å². The summed E-state index contributed by atoms with van der Waals surface area (Å²) in [5, 5.41) is 25.1. The van der Waals surface area contributed by atoms with Crippen LogP contribution in [0.2, 0.25) is 0 Å². The van der Waals surface area contributed by atoms with Crippen LogP contribution in [-0.2, 0) is 24.0 Å². The van der Waals surface area contributed by atoms with Gasteiger partial charge in [0.25, 0.3) is 0 Å². The second kappa shape index (κ2) is 14.5. The van der Waals surface area contributed by atoms with Crippen LogP contribution >= 0.6 is 0 Å². The standard InChI is InChI=1S/C17H32N8O7/c1-8(23-14(29)9(18)7-26)13(28)24-10(4-5-12(19)27)15(30)25-11(16(31)32)3-2-6-22-17(20)21/h8-11,26H,2-7,18H2,1H3,(H2,19,27)(H,23,29)(H,24,28)(H,25,30)(H,31,32)(H4,20,21,22). The number of primary amides is 1. The molecule has 0 aromatic carbocycles. The lowest BCUT2D eigenvalue weighted by Crippen LogP contribution is -2.56. The van der Waals surface area contributed by atoms with Gasteiger partial charge in [-0.25, -0.2) is 4.79 Å². The first kappa shape index (κ1) is 28.5. The van der Waals surface area contributed by atoms with E-state index < -0.39 is 60.4 Å². The van der Waals surface area contributed by atoms with Crippen LogP contribution in [0.25, 0.3) is 0 Å². The molecule has 4 amide bonds. The molecule has 15 heteroatoms. The lowest BCUT2D eigenvalue weighted by Gasteiger charge is -2.23. The number of hydrogen-bond acceptors (Lipinski definition) is 8. The number of nitrogens with zero attached hydrogens (tertiary/aromatic N) is 1. The number of aliphatic hydroxyl groups excluding tert-OH is 1. The molecule has 4 unspecified atom stereocenters. The van der Waals surface area contributed by atoms with E-state index in [1.165, 1.54) is 6.92 Å². The van der Waals surface area contributed by atoms with Crippen molar-refractivity contribution in [2.45, 2.75) is 56.8 Å². The Balaban J connectivity index is 5.16. The van der Waals surface area contributed by atoms with Crippen molar-refractivity contribution in [1.82, 2.24) is 16.0 Å². The second-order valence-electron chi connectivity index (χ2n) is 6.93. The predicted molar refractivity (Wildman–Crippen MR) is 113 cm³/mol. The molecule has 0 heterocycles. The van der Waals surface area contributed by atoms with E-state index in [0.29, 0.717) is 0 Å². The molecule has 0 bridgehead atoms. The first-order valence-corrected chi connectivity index (χ1v) is 9.73. The summed E-state index contributed by atoms with van der Waals surface area (Å²) in [6.45, 7) is 0.824. The Kier molecular flexibility index (Phi) is 13.0. The minimum absolute atomic E-state index is 0.000151. The summed E-state index contributed by atoms with van der Waals surface area (Å²) in [7, 11) is 0. The Labute approximate surface area is 184 Å². The van der Waals surface area contributed by atoms with Crippen molar-refractivity contribution in [3.05, 3.63) is 0 Å². The second-order valence-corrected chi connectivity index (χ2v) is 6.93. The molecule has 0 radical (unpaired) electrons. The normalized spacial score (nSPS) is 14.2. The van der Waals surface area contributed by atoms with Crippen LogP contribution in [0, 0.1) is 0 Å². The largest absolute Gasteiger partial charge is 0.480 e. The van der Waals surface area contributed by atoms with Crippen LogP contribution in [0.1, 0.15) is 32.6 Å². The smallest absolute Gasteiger partial charge is 0.326 e. The fraction of sp³-hybridized carbons (Fsp3) is 0.647. The van der Waals surface area contributed by atoms with Gasteiger partial charge in [-0.15, -0.1) is 0 Å². The zero-order valence-corrected chi connectivity index (χ0v) is 17.7. The molecule has 0 aromatic heterocycles. The summed E-state index contributed by atoms with van der Waals surface area (Å²) < 4.78 is 0. The van der Waals surface area contributed by atoms with E-state index in [-0.39, 0.29) is 38.2 Å². The van der Waals surface area contributed by atoms with E-state index in [4.69, 9.17) is 28.0 Å². The maximum absolute atomic E-state index is 12.6. The third-order valence-corrected chi connectivity index (χ3v) is 4.16. The summed E-state index contributed by atoms with van der Waals surface area (Å²) in [4.78, 5) is 63.0. The van der Waals surface area contributed by atoms with E-state index in [9.17, 15) is 29.1 Å². The monoisotopic (exact) mass is 460 g/mol. The Morgan fingerprint density at radius 3 is 2.00 bits per heavy atom. The van der Waals surface area contributed by atoms with E-state index in [1.807, 2.05) is 0 Å². The van der Waals surface area contributed by atoms with Gasteiger partial charge in [-0.1, -0.05) is 0 Å². The van der Waals surface area contributed by atoms with Gasteiger partial charge in [0, 0.05) is 13.0 Å². The molecule has 15 nitrogen and oxygen atoms in total. The highest BCUT2D eigenvalue weighted by Gasteiger charge is 2.28. The number of nitrogens with one attached hydrogen (secondary N) is 3. The van der Waals surface area contributed by atoms with Gasteiger partial charge in [-0.3, -0.25) is 24.2 Å². The highest BCUT2D eigenvalue weighted by molar-refractivity contribution is 5.94. The number of guanidine groups is 1. The molecule has 0 spiro atoms. The van der Waals surface area contributed by atoms with Crippen molar-refractivity contribution in [3.63, 3.8) is 0 Å². The average molecular weight is 460 g/mol. The number of rotatable bonds is 15. The third kappa shape index (κ3) is 11.7. The number of carbonyl (C=O) groups excluding carboxylic acids is 4. The minimum atomic E-state index is -1.32. The van der Waals surface area contributed by atoms with Crippen LogP contribution in [-0.4, -0.2) is 83.1 Å². The lowest BCUT2D eigenvalue weighted by molar-refractivity contribution is -0.142. The first-order valence-electron chi connectivity index (χ1n) is 9.73. The SMILES string of the molecule is CC(NC(=O)C(N)CO)C(=O)NC(CCC(N)=O)C(=O)NC(CCCN=C(N)N)C(=O)O. The fourth-order valence-electron chi connectivity index (χ4n) is 2.35. The number of nitrogens with two attached hydrogens (primary N) is 4. The minimum Gasteiger partial charge on any atom is -0.480 e. The molecule has 0 aliphatic heterocycles. The van der Waals surface area contributed by atoms with E-state index in [1.54, 1.807) is 0 Å². The van der Waals surface area contributed by atoms with E-state index >= 15 is 0 Å². The van der Waals surface area contributed by atoms with E-state index in [2.05, 4.69) is 20.9 Å². The highest BCUT2D eigenvalue weighted by atomic mass is 16.4. The van der Waals surface area contributed by atoms with Crippen molar-refractivity contribution < 1.29 is 34.2 Å². The number of hydrogen-bond donors (Lipinski definition) is 9. The number of carbonyl (C=O) groups is 5. The summed E-state index contributed by atoms with van der Waals surface area (Å²) in [6.07, 6.45) is -0.220. The molecular formula is C17H32N8O7. The van der Waals surface area contributed by atoms with Crippen LogP contribution in [0.15, 0.2) is 4.99 Å². The summed E-state index contributed by atoms with van der Waals surface area (Å²) >= 11 is 0. The molecule has 182 valence electrons. The molecule has 0 aliphatic rings. The van der Waals surface area contributed by atoms with Crippen molar-refractivity contribution in [2.75, 3.05) is 13.2 Å². The number of amides is 4. The van der Waals surface area contributed by atoms with Crippen LogP contribution in [0.4, 0.5) is 0 Å². The van der Waals surface area contributed by atoms with Gasteiger partial charge in [0.05, 0.1) is 6.61 Å². The van der Waals surface area contributed by atoms with Crippen molar-refractivity contribution in [3.8, 4) is 0 Å². The quantitative estimate of drug-likeness (QED) is 0.0638. The van der Waals surface area contributed by atoms with Gasteiger partial charge >= 0.3 is 5.97 Å². The Hall–Kier alpha value is -3.46. The number of carboxylic acids is 1. The first-order chi connectivity index (χ1) is 14.9. The molecule has 32 heavy (non-hydrogen) atoms. The third-order valence-electron chi connectivity index (χ3n) is 4.16. The highest BCUT2D eigenvalue weighted by Crippen LogP contribution is 2.03. The summed E-state index contributed by atoms with van der Waals surface area (Å²) in [5.41, 5.74) is 20.8. The molecule has 4 atom stereocenters. The average Bonchev–Trinajstić information content (AvgIpc) is 2.71. The van der Waals surface area contributed by atoms with Crippen LogP contribution < -0.4 is 38.9 Å². The van der Waals surface area contributed by atoms with Gasteiger partial charge in [0.2, 0.25) is 23.6 Å². The van der Waals surface area contributed by atoms with Gasteiger partial charge in [-0.05, 0) is 26.2 Å². The van der Waals surface area contributed by atoms with Crippen LogP contribution in [0.5, 0.6) is 0 Å². The molecule has 0 aromatic rings. The molecule has 0 rings (SSSR count). The number of aliphatic carboxylic acids is 1. The Morgan fingerprint density at radius 1 is 0.906 bits per heavy atom. The van der Waals surface area contributed by atoms with Crippen molar-refractivity contribution in [2.24, 2.45) is 27.9 Å². The Morgan fingerprint density at radius 2 is 1.50 bits per heavy atom. The van der Waals surface area contributed by atoms with Crippen LogP contribution in [0.3, 0.4) is 0 Å². The summed E-state index contributed by atoms with van der Waals surface area (Å²) in [5.74, 6) is -4.66. The molecule has 0 aliphatic carbocycles. The molecule has 0 saturated heterocycles. The maximum atomic E-state index is 12.6. The van der Waals surface area contributed by atoms with E-state index in [0.717, 1.165) is 0 Å². The molecular weight excluding hydrogens is 428 g/mol. The zero-order valence-electron chi connectivity index (χ0n) is 17.7. The van der Waals surface area contributed by atoms with Gasteiger partial charge in [-0.2, -0.15) is 0 Å². The lowest BCUT2D eigenvalue weighted by atomic mass is 10.1. The topological polar surface area (TPSA) is 278 Å². The van der Waals surface area contributed by atoms with Crippen molar-refractivity contribution in [1.29, 1.82) is 0 Å². The van der Waals surface area contributed by atoms with Gasteiger partial charge < -0.3 is 49.1 Å². The molecule has 0 fully saturated rings. The molecule has 0 saturated carbocycles. The Bertz CT molecular complexity index is 711. The zero-order chi connectivity index (χ0) is 24.8. The maximum Gasteiger partial charge on any atom is 0.326 e. The number of aliphatic imine (C=N–C) groups is 1. The summed E-state index contributed by atoms with van der Waals surface area (Å²) in [6, 6.07) is -4.99. The number of carboxylic acid groups (broad SMARTS) is 1. The fourth-order valence-corrected chi connectivity index (χ4v) is 2.35. The number of aliphatic hydroxyl groups is 1.